The number of para-hydroxylation sites is 1. The van der Waals surface area contributed by atoms with E-state index in [1.165, 1.54) is 30.3 Å². The average molecular weight is 1030 g/mol. The van der Waals surface area contributed by atoms with Crippen molar-refractivity contribution in [2.24, 2.45) is 11.7 Å². The number of phenols is 1. The fraction of sp³-hybridized carbons (Fsp3) is 0.528. The summed E-state index contributed by atoms with van der Waals surface area (Å²) in [5, 5.41) is 38.1. The Bertz CT molecular complexity index is 2500. The van der Waals surface area contributed by atoms with Gasteiger partial charge in [0.2, 0.25) is 47.3 Å². The van der Waals surface area contributed by atoms with Gasteiger partial charge >= 0.3 is 0 Å². The number of aliphatic hydroxyl groups is 1. The number of aryl methyl sites for hydroxylation is 1. The fourth-order valence-electron chi connectivity index (χ4n) is 8.96. The first-order valence-electron chi connectivity index (χ1n) is 25.8. The van der Waals surface area contributed by atoms with Crippen LogP contribution in [0.4, 0.5) is 0 Å². The number of nitrogens with one attached hydrogen (secondary N) is 8. The van der Waals surface area contributed by atoms with Crippen LogP contribution in [-0.4, -0.2) is 133 Å². The van der Waals surface area contributed by atoms with Crippen molar-refractivity contribution in [3.05, 3.63) is 84.1 Å². The maximum Gasteiger partial charge on any atom is 0.245 e. The molecule has 2 aromatic heterocycles. The van der Waals surface area contributed by atoms with E-state index in [0.29, 0.717) is 43.4 Å². The highest BCUT2D eigenvalue weighted by Gasteiger charge is 2.35. The molecule has 1 aliphatic heterocycles. The van der Waals surface area contributed by atoms with Gasteiger partial charge in [0.1, 0.15) is 36.0 Å². The van der Waals surface area contributed by atoms with E-state index < -0.39 is 96.2 Å². The number of unbranched alkanes of at least 4 members (excludes halogenated alkanes) is 2. The maximum atomic E-state index is 14.2. The summed E-state index contributed by atoms with van der Waals surface area (Å²) in [6.07, 6.45) is 8.87. The third-order valence-electron chi connectivity index (χ3n) is 13.1. The molecule has 0 saturated carbocycles. The molecule has 12 N–H and O–H groups in total. The number of amides is 8. The number of carbonyl (C=O) groups excluding carboxylic acids is 8. The van der Waals surface area contributed by atoms with Crippen LogP contribution in [-0.2, 0) is 57.6 Å². The molecule has 8 amide bonds. The smallest absolute Gasteiger partial charge is 0.245 e. The van der Waals surface area contributed by atoms with Gasteiger partial charge in [-0.15, -0.1) is 0 Å². The third-order valence-corrected chi connectivity index (χ3v) is 13.1. The van der Waals surface area contributed by atoms with Crippen LogP contribution in [0.2, 0.25) is 0 Å². The van der Waals surface area contributed by atoms with Gasteiger partial charge in [0.25, 0.3) is 0 Å². The molecular formula is C53H75N11O10. The third kappa shape index (κ3) is 18.3. The van der Waals surface area contributed by atoms with Crippen molar-refractivity contribution in [1.82, 2.24) is 51.8 Å². The van der Waals surface area contributed by atoms with Crippen molar-refractivity contribution >= 4 is 58.2 Å². The first kappa shape index (κ1) is 57.6. The number of nitrogens with zero attached hydrogens (tertiary/aromatic N) is 2. The zero-order valence-electron chi connectivity index (χ0n) is 42.9. The lowest BCUT2D eigenvalue weighted by molar-refractivity contribution is -0.140. The minimum absolute atomic E-state index is 0.0256. The van der Waals surface area contributed by atoms with Gasteiger partial charge in [0.05, 0.1) is 25.0 Å². The molecule has 0 radical (unpaired) electrons. The number of aromatic hydroxyl groups is 1. The predicted molar refractivity (Wildman–Crippen MR) is 276 cm³/mol. The second-order valence-electron chi connectivity index (χ2n) is 19.7. The highest BCUT2D eigenvalue weighted by molar-refractivity contribution is 5.97. The van der Waals surface area contributed by atoms with E-state index in [-0.39, 0.29) is 56.7 Å². The molecule has 1 fully saturated rings. The van der Waals surface area contributed by atoms with E-state index in [4.69, 9.17) is 5.73 Å². The zero-order valence-corrected chi connectivity index (χ0v) is 42.9. The number of rotatable bonds is 29. The van der Waals surface area contributed by atoms with Crippen molar-refractivity contribution < 1.29 is 48.6 Å². The zero-order chi connectivity index (χ0) is 53.7. The van der Waals surface area contributed by atoms with E-state index in [0.717, 1.165) is 35.7 Å². The Labute approximate surface area is 431 Å². The van der Waals surface area contributed by atoms with E-state index >= 15 is 0 Å². The van der Waals surface area contributed by atoms with E-state index in [9.17, 15) is 48.6 Å². The average Bonchev–Trinajstić information content (AvgIpc) is 4.00. The number of imidazole rings is 1. The molecule has 74 heavy (non-hydrogen) atoms. The number of likely N-dealkylation sites (tertiary alicyclic amines) is 1. The van der Waals surface area contributed by atoms with E-state index in [1.807, 2.05) is 38.1 Å². The number of nitrogens with two attached hydrogens (primary N) is 1. The Hall–Kier alpha value is -7.29. The van der Waals surface area contributed by atoms with Gasteiger partial charge in [0, 0.05) is 61.2 Å². The minimum Gasteiger partial charge on any atom is -0.508 e. The lowest BCUT2D eigenvalue weighted by Gasteiger charge is -2.29. The normalized spacial score (nSPS) is 16.2. The lowest BCUT2D eigenvalue weighted by Crippen LogP contribution is -2.58. The van der Waals surface area contributed by atoms with Crippen LogP contribution in [0.15, 0.2) is 67.3 Å². The Morgan fingerprint density at radius 1 is 0.797 bits per heavy atom. The van der Waals surface area contributed by atoms with Gasteiger partial charge in [0.15, 0.2) is 0 Å². The van der Waals surface area contributed by atoms with Gasteiger partial charge < -0.3 is 62.7 Å². The largest absolute Gasteiger partial charge is 0.508 e. The van der Waals surface area contributed by atoms with Crippen LogP contribution in [0, 0.1) is 5.92 Å². The van der Waals surface area contributed by atoms with E-state index in [2.05, 4.69) is 53.8 Å². The van der Waals surface area contributed by atoms with E-state index in [1.54, 1.807) is 24.5 Å². The highest BCUT2D eigenvalue weighted by Crippen LogP contribution is 2.21. The molecule has 7 atom stereocenters. The second kappa shape index (κ2) is 28.8. The number of aromatic nitrogens is 3. The first-order chi connectivity index (χ1) is 35.4. The molecule has 0 aliphatic carbocycles. The molecule has 2 aromatic carbocycles. The van der Waals surface area contributed by atoms with Crippen LogP contribution in [0.5, 0.6) is 5.75 Å². The summed E-state index contributed by atoms with van der Waals surface area (Å²) < 4.78 is 0. The number of hydrogen-bond donors (Lipinski definition) is 11. The quantitative estimate of drug-likeness (QED) is 0.0351. The maximum absolute atomic E-state index is 14.2. The lowest BCUT2D eigenvalue weighted by atomic mass is 9.95. The second-order valence-corrected chi connectivity index (χ2v) is 19.7. The van der Waals surface area contributed by atoms with Crippen LogP contribution in [0.25, 0.3) is 10.9 Å². The number of aromatic amines is 2. The molecular weight excluding hydrogens is 951 g/mol. The number of carbonyl (C=O) groups is 8. The summed E-state index contributed by atoms with van der Waals surface area (Å²) >= 11 is 0. The number of benzene rings is 2. The summed E-state index contributed by atoms with van der Waals surface area (Å²) in [6, 6.07) is 7.19. The van der Waals surface area contributed by atoms with Crippen LogP contribution < -0.4 is 37.6 Å². The van der Waals surface area contributed by atoms with Gasteiger partial charge in [-0.05, 0) is 87.1 Å². The van der Waals surface area contributed by atoms with Crippen molar-refractivity contribution in [3.8, 4) is 5.75 Å². The molecule has 21 nitrogen and oxygen atoms in total. The molecule has 3 heterocycles. The van der Waals surface area contributed by atoms with Gasteiger partial charge in [-0.25, -0.2) is 4.98 Å². The number of fused-ring (bicyclic) bond motifs is 1. The van der Waals surface area contributed by atoms with Gasteiger partial charge in [-0.3, -0.25) is 38.4 Å². The summed E-state index contributed by atoms with van der Waals surface area (Å²) in [6.45, 7) is 7.29. The van der Waals surface area contributed by atoms with Crippen molar-refractivity contribution in [1.29, 1.82) is 0 Å². The van der Waals surface area contributed by atoms with Crippen LogP contribution in [0.1, 0.15) is 115 Å². The molecule has 0 spiro atoms. The molecule has 4 aromatic rings. The molecule has 1 aliphatic rings. The Morgan fingerprint density at radius 2 is 1.50 bits per heavy atom. The standard InChI is InChI=1S/C53H75N11O10/c1-5-6-7-15-45(66)42(25-32(2)3)62-52(73)44(27-36-29-55-31-57-36)60-48(69)30-64-24-11-10-14-41(53(64)74)61-49(70)33(4)58-51(72)43(26-35-28-56-39-13-9-8-12-38(35)39)63-50(71)40(21-22-46(54)67)59-47(68)23-18-34-16-19-37(65)20-17-34/h8-9,12-13,16-17,19-20,28-29,31-33,40-45,56,65-66H,5-7,10-11,14-15,18,21-27,30H2,1-4H3,(H2,54,67)(H,55,57)(H,58,72)(H,59,68)(H,60,69)(H,61,70)(H,62,73)(H,63,71)/t33-,40-,41-,42-,43-,44-,45?/m0/s1. The molecule has 0 bridgehead atoms. The van der Waals surface area contributed by atoms with Crippen molar-refractivity contribution in [2.45, 2.75) is 160 Å². The summed E-state index contributed by atoms with van der Waals surface area (Å²) in [5.74, 6) is -4.82. The highest BCUT2D eigenvalue weighted by atomic mass is 16.3. The number of hydrogen-bond acceptors (Lipinski definition) is 11. The minimum atomic E-state index is -1.30. The molecule has 1 saturated heterocycles. The van der Waals surface area contributed by atoms with Gasteiger partial charge in [-0.2, -0.15) is 0 Å². The number of primary amides is 1. The van der Waals surface area contributed by atoms with Crippen molar-refractivity contribution in [2.75, 3.05) is 13.1 Å². The Balaban J connectivity index is 1.24. The number of aliphatic hydroxyl groups excluding tert-OH is 1. The fourth-order valence-corrected chi connectivity index (χ4v) is 8.96. The number of phenolic OH excluding ortho intramolecular Hbond substituents is 1. The summed E-state index contributed by atoms with van der Waals surface area (Å²) in [4.78, 5) is 120. The predicted octanol–water partition coefficient (Wildman–Crippen LogP) is 2.21. The Morgan fingerprint density at radius 3 is 2.20 bits per heavy atom. The molecule has 1 unspecified atom stereocenters. The molecule has 5 rings (SSSR count). The van der Waals surface area contributed by atoms with Crippen molar-refractivity contribution in [3.63, 3.8) is 0 Å². The number of H-pyrrole nitrogens is 2. The molecule has 21 heteroatoms. The molecule has 402 valence electrons. The van der Waals surface area contributed by atoms with Crippen LogP contribution in [0.3, 0.4) is 0 Å². The monoisotopic (exact) mass is 1030 g/mol. The van der Waals surface area contributed by atoms with Crippen LogP contribution >= 0.6 is 0 Å². The SMILES string of the molecule is CCCCCC(O)[C@H](CC(C)C)NC(=O)[C@H](Cc1cnc[nH]1)NC(=O)CN1CCCC[C@H](NC(=O)[C@H](C)NC(=O)[C@H](Cc2c[nH]c3ccccc23)NC(=O)[C@H](CCC(N)=O)NC(=O)CCc2ccc(O)cc2)C1=O. The first-order valence-corrected chi connectivity index (χ1v) is 25.8. The summed E-state index contributed by atoms with van der Waals surface area (Å²) in [7, 11) is 0. The Kier molecular flexibility index (Phi) is 22.4. The van der Waals surface area contributed by atoms with Gasteiger partial charge in [-0.1, -0.05) is 70.4 Å². The topological polar surface area (TPSA) is 323 Å². The summed E-state index contributed by atoms with van der Waals surface area (Å²) in [5.41, 5.74) is 8.22.